The van der Waals surface area contributed by atoms with Crippen LogP contribution in [0.1, 0.15) is 43.9 Å². The first-order chi connectivity index (χ1) is 9.41. The first kappa shape index (κ1) is 17.7. The molecule has 0 amide bonds. The molecule has 2 nitrogen and oxygen atoms in total. The highest BCUT2D eigenvalue weighted by molar-refractivity contribution is 7.85. The van der Waals surface area contributed by atoms with Gasteiger partial charge in [0.25, 0.3) is 6.43 Å². The van der Waals surface area contributed by atoms with Crippen molar-refractivity contribution in [2.45, 2.75) is 38.1 Å². The van der Waals surface area contributed by atoms with Gasteiger partial charge >= 0.3 is 6.18 Å². The quantitative estimate of drug-likeness (QED) is 0.593. The van der Waals surface area contributed by atoms with Gasteiger partial charge in [-0.3, -0.25) is 0 Å². The van der Waals surface area contributed by atoms with Crippen LogP contribution in [0.3, 0.4) is 0 Å². The van der Waals surface area contributed by atoms with Crippen LogP contribution in [0.15, 0.2) is 22.6 Å². The van der Waals surface area contributed by atoms with E-state index >= 15 is 0 Å². The van der Waals surface area contributed by atoms with Gasteiger partial charge in [0, 0.05) is 11.8 Å². The Morgan fingerprint density at radius 2 is 1.71 bits per heavy atom. The fraction of sp³-hybridized carbons (Fsp3) is 0.462. The lowest BCUT2D eigenvalue weighted by Crippen LogP contribution is -2.19. The number of rotatable bonds is 3. The number of nitrogens with zero attached hydrogens (tertiary/aromatic N) is 1. The minimum Gasteiger partial charge on any atom is -0.234 e. The van der Waals surface area contributed by atoms with Crippen LogP contribution in [0.5, 0.6) is 0 Å². The van der Waals surface area contributed by atoms with E-state index in [1.807, 2.05) is 0 Å². The first-order valence-electron chi connectivity index (χ1n) is 5.87. The molecule has 8 heteroatoms. The fourth-order valence-electron chi connectivity index (χ4n) is 1.31. The van der Waals surface area contributed by atoms with Crippen molar-refractivity contribution in [3.63, 3.8) is 0 Å². The summed E-state index contributed by atoms with van der Waals surface area (Å²) in [6.07, 6.45) is -6.85. The maximum Gasteiger partial charge on any atom is 0.416 e. The number of hydrogen-bond donors (Lipinski definition) is 0. The summed E-state index contributed by atoms with van der Waals surface area (Å²) in [6, 6.07) is 1.97. The number of hydrogen-bond acceptors (Lipinski definition) is 1. The van der Waals surface area contributed by atoms with E-state index in [1.165, 1.54) is 0 Å². The second-order valence-electron chi connectivity index (χ2n) is 5.28. The average Bonchev–Trinajstić information content (AvgIpc) is 2.33. The molecule has 0 unspecified atom stereocenters. The minimum absolute atomic E-state index is 0.169. The van der Waals surface area contributed by atoms with Crippen LogP contribution >= 0.6 is 0 Å². The Morgan fingerprint density at radius 3 is 2.14 bits per heavy atom. The molecule has 1 aromatic rings. The molecular formula is C13H14F5NOS. The number of alkyl halides is 5. The summed E-state index contributed by atoms with van der Waals surface area (Å²) in [4.78, 5) is 0. The molecule has 0 aliphatic heterocycles. The third kappa shape index (κ3) is 5.18. The largest absolute Gasteiger partial charge is 0.416 e. The lowest BCUT2D eigenvalue weighted by atomic mass is 10.1. The summed E-state index contributed by atoms with van der Waals surface area (Å²) in [5.41, 5.74) is -2.12. The van der Waals surface area contributed by atoms with Crippen LogP contribution < -0.4 is 0 Å². The van der Waals surface area contributed by atoms with Crippen LogP contribution in [0.4, 0.5) is 22.0 Å². The van der Waals surface area contributed by atoms with Crippen molar-refractivity contribution < 1.29 is 26.2 Å². The van der Waals surface area contributed by atoms with E-state index in [0.29, 0.717) is 12.1 Å². The summed E-state index contributed by atoms with van der Waals surface area (Å²) < 4.78 is 77.8. The van der Waals surface area contributed by atoms with Gasteiger partial charge in [-0.25, -0.2) is 13.0 Å². The summed E-state index contributed by atoms with van der Waals surface area (Å²) in [6.45, 7) is 4.91. The van der Waals surface area contributed by atoms with E-state index < -0.39 is 39.5 Å². The molecule has 0 aliphatic carbocycles. The third-order valence-electron chi connectivity index (χ3n) is 2.38. The molecule has 0 aliphatic rings. The van der Waals surface area contributed by atoms with Crippen molar-refractivity contribution in [1.82, 2.24) is 0 Å². The van der Waals surface area contributed by atoms with Crippen LogP contribution in [-0.2, 0) is 17.2 Å². The van der Waals surface area contributed by atoms with Gasteiger partial charge in [0.05, 0.1) is 10.3 Å². The maximum atomic E-state index is 12.7. The SMILES string of the molecule is CC(C)(C)[S@](=O)/N=C\c1cc(C(F)F)cc(C(F)(F)F)c1. The number of benzene rings is 1. The molecule has 0 saturated carbocycles. The first-order valence-corrected chi connectivity index (χ1v) is 6.98. The molecule has 0 radical (unpaired) electrons. The molecule has 21 heavy (non-hydrogen) atoms. The predicted molar refractivity (Wildman–Crippen MR) is 71.9 cm³/mol. The Bertz CT molecular complexity index is 561. The van der Waals surface area contributed by atoms with Crippen molar-refractivity contribution in [2.24, 2.45) is 4.40 Å². The molecule has 0 spiro atoms. The van der Waals surface area contributed by atoms with Gasteiger partial charge in [-0.2, -0.15) is 17.6 Å². The molecule has 0 fully saturated rings. The fourth-order valence-corrected chi connectivity index (χ4v) is 1.84. The lowest BCUT2D eigenvalue weighted by molar-refractivity contribution is -0.137. The standard InChI is InChI=1S/C13H14F5NOS/c1-12(2,3)21(20)19-7-8-4-9(11(14)15)6-10(5-8)13(16,17)18/h4-7,11H,1-3H3/b19-7-/t21-/m0/s1. The monoisotopic (exact) mass is 327 g/mol. The van der Waals surface area contributed by atoms with Crippen molar-refractivity contribution >= 4 is 17.2 Å². The summed E-state index contributed by atoms with van der Waals surface area (Å²) in [7, 11) is -1.68. The van der Waals surface area contributed by atoms with E-state index in [4.69, 9.17) is 0 Å². The van der Waals surface area contributed by atoms with Crippen LogP contribution in [0.25, 0.3) is 0 Å². The Balaban J connectivity index is 3.21. The topological polar surface area (TPSA) is 29.4 Å². The zero-order valence-corrected chi connectivity index (χ0v) is 12.4. The van der Waals surface area contributed by atoms with E-state index in [-0.39, 0.29) is 5.56 Å². The molecule has 0 N–H and O–H groups in total. The smallest absolute Gasteiger partial charge is 0.234 e. The van der Waals surface area contributed by atoms with E-state index in [2.05, 4.69) is 4.40 Å². The van der Waals surface area contributed by atoms with Crippen LogP contribution in [-0.4, -0.2) is 15.2 Å². The van der Waals surface area contributed by atoms with E-state index in [1.54, 1.807) is 20.8 Å². The van der Waals surface area contributed by atoms with Gasteiger partial charge in [-0.05, 0) is 44.5 Å². The predicted octanol–water partition coefficient (Wildman–Crippen LogP) is 4.52. The zero-order valence-electron chi connectivity index (χ0n) is 11.5. The van der Waals surface area contributed by atoms with Crippen molar-refractivity contribution in [2.75, 3.05) is 0 Å². The van der Waals surface area contributed by atoms with Gasteiger partial charge in [-0.1, -0.05) is 0 Å². The molecule has 118 valence electrons. The highest BCUT2D eigenvalue weighted by atomic mass is 32.2. The van der Waals surface area contributed by atoms with Crippen molar-refractivity contribution in [1.29, 1.82) is 0 Å². The Labute approximate surface area is 121 Å². The molecule has 0 bridgehead atoms. The molecule has 1 rings (SSSR count). The Kier molecular flexibility index (Phi) is 5.25. The van der Waals surface area contributed by atoms with Crippen LogP contribution in [0, 0.1) is 0 Å². The molecular weight excluding hydrogens is 313 g/mol. The van der Waals surface area contributed by atoms with Crippen molar-refractivity contribution in [3.05, 3.63) is 34.9 Å². The molecule has 1 atom stereocenters. The second-order valence-corrected chi connectivity index (χ2v) is 7.22. The van der Waals surface area contributed by atoms with Crippen LogP contribution in [0.2, 0.25) is 0 Å². The second kappa shape index (κ2) is 6.21. The summed E-state index contributed by atoms with van der Waals surface area (Å²) in [5, 5.41) is 0. The highest BCUT2D eigenvalue weighted by Gasteiger charge is 2.31. The molecule has 1 aromatic carbocycles. The Hall–Kier alpha value is -1.31. The van der Waals surface area contributed by atoms with Gasteiger partial charge < -0.3 is 0 Å². The maximum absolute atomic E-state index is 12.7. The molecule has 0 saturated heterocycles. The van der Waals surface area contributed by atoms with Gasteiger partial charge in [0.2, 0.25) is 0 Å². The molecule has 0 heterocycles. The minimum atomic E-state index is -4.74. The summed E-state index contributed by atoms with van der Waals surface area (Å²) in [5.74, 6) is 0. The van der Waals surface area contributed by atoms with E-state index in [9.17, 15) is 26.2 Å². The third-order valence-corrected chi connectivity index (χ3v) is 3.72. The zero-order chi connectivity index (χ0) is 16.4. The Morgan fingerprint density at radius 1 is 1.14 bits per heavy atom. The van der Waals surface area contributed by atoms with Gasteiger partial charge in [-0.15, -0.1) is 0 Å². The normalized spacial score (nSPS) is 14.9. The summed E-state index contributed by atoms with van der Waals surface area (Å²) >= 11 is 0. The highest BCUT2D eigenvalue weighted by Crippen LogP contribution is 2.32. The van der Waals surface area contributed by atoms with Crippen molar-refractivity contribution in [3.8, 4) is 0 Å². The van der Waals surface area contributed by atoms with E-state index in [0.717, 1.165) is 12.3 Å². The number of halogens is 5. The van der Waals surface area contributed by atoms with Gasteiger partial charge in [0.1, 0.15) is 11.0 Å². The van der Waals surface area contributed by atoms with Gasteiger partial charge in [0.15, 0.2) is 0 Å². The molecule has 0 aromatic heterocycles. The average molecular weight is 327 g/mol. The lowest BCUT2D eigenvalue weighted by Gasteiger charge is -2.13.